The normalized spacial score (nSPS) is 12.9. The molecule has 0 rings (SSSR count). The molecule has 0 radical (unpaired) electrons. The molecular weight excluding hydrogens is 360 g/mol. The van der Waals surface area contributed by atoms with Gasteiger partial charge in [0, 0.05) is 0 Å². The monoisotopic (exact) mass is 366 g/mol. The van der Waals surface area contributed by atoms with Gasteiger partial charge in [0.25, 0.3) is 0 Å². The second kappa shape index (κ2) is 3.89. The van der Waals surface area contributed by atoms with E-state index in [1.807, 2.05) is 19.6 Å². The number of halogens is 3. The molecule has 11 heavy (non-hydrogen) atoms. The van der Waals surface area contributed by atoms with Crippen molar-refractivity contribution in [3.8, 4) is 0 Å². The maximum atomic E-state index is 11.2. The molecule has 0 aromatic carbocycles. The fraction of sp³-hybridized carbons (Fsp3) is 0.800. The average molecular weight is 369 g/mol. The van der Waals surface area contributed by atoms with Gasteiger partial charge in [0.1, 0.15) is 0 Å². The van der Waals surface area contributed by atoms with Gasteiger partial charge in [-0.25, -0.2) is 4.79 Å². The van der Waals surface area contributed by atoms with Crippen LogP contribution in [0.15, 0.2) is 0 Å². The first-order chi connectivity index (χ1) is 4.63. The summed E-state index contributed by atoms with van der Waals surface area (Å²) in [5.74, 6) is -0.336. The zero-order valence-corrected chi connectivity index (χ0v) is 12.2. The lowest BCUT2D eigenvalue weighted by Gasteiger charge is -2.20. The summed E-state index contributed by atoms with van der Waals surface area (Å²) in [6.45, 7) is 5.84. The molecule has 0 saturated carbocycles. The highest BCUT2D eigenvalue weighted by atomic mass is 80.0. The van der Waals surface area contributed by atoms with Gasteiger partial charge in [0.15, 0.2) is 0 Å². The number of hydrogen-bond acceptors (Lipinski definition) is 2. The van der Waals surface area contributed by atoms with Crippen molar-refractivity contribution >= 4 is 62.1 Å². The van der Waals surface area contributed by atoms with Gasteiger partial charge in [-0.15, -0.1) is 0 Å². The van der Waals surface area contributed by atoms with E-state index in [0.717, 1.165) is 0 Å². The third kappa shape index (κ3) is 6.30. The molecule has 66 valence electrons. The van der Waals surface area contributed by atoms with Crippen LogP contribution in [0.25, 0.3) is 0 Å². The Labute approximate surface area is 92.6 Å². The summed E-state index contributed by atoms with van der Waals surface area (Å²) < 4.78 is 4.24. The largest absolute Gasteiger partial charge is 0.518 e. The van der Waals surface area contributed by atoms with Crippen LogP contribution in [0.1, 0.15) is 0 Å². The third-order valence-corrected chi connectivity index (χ3v) is 2.40. The first-order valence-corrected chi connectivity index (χ1v) is 8.72. The van der Waals surface area contributed by atoms with Crippen molar-refractivity contribution in [2.24, 2.45) is 0 Å². The first-order valence-electron chi connectivity index (χ1n) is 2.93. The van der Waals surface area contributed by atoms with Gasteiger partial charge in [-0.05, 0) is 67.4 Å². The van der Waals surface area contributed by atoms with Crippen molar-refractivity contribution in [2.45, 2.75) is 21.8 Å². The van der Waals surface area contributed by atoms with Crippen molar-refractivity contribution in [1.29, 1.82) is 0 Å². The lowest BCUT2D eigenvalue weighted by Crippen LogP contribution is -2.34. The Balaban J connectivity index is 4.11. The highest BCUT2D eigenvalue weighted by Gasteiger charge is 2.34. The van der Waals surface area contributed by atoms with Gasteiger partial charge < -0.3 is 4.43 Å². The summed E-state index contributed by atoms with van der Waals surface area (Å²) in [7, 11) is -1.77. The summed E-state index contributed by atoms with van der Waals surface area (Å²) in [6, 6.07) is 0. The van der Waals surface area contributed by atoms with E-state index in [2.05, 4.69) is 47.8 Å². The lowest BCUT2D eigenvalue weighted by atomic mass is 10.8. The maximum Gasteiger partial charge on any atom is 0.331 e. The van der Waals surface area contributed by atoms with Gasteiger partial charge in [0.2, 0.25) is 10.5 Å². The first kappa shape index (κ1) is 12.1. The molecule has 0 atom stereocenters. The molecular formula is C5H9Br3O2Si. The number of hydrogen-bond donors (Lipinski definition) is 0. The minimum Gasteiger partial charge on any atom is -0.518 e. The summed E-state index contributed by atoms with van der Waals surface area (Å²) in [4.78, 5) is 11.2. The van der Waals surface area contributed by atoms with Crippen molar-refractivity contribution in [3.05, 3.63) is 0 Å². The molecule has 0 unspecified atom stereocenters. The summed E-state index contributed by atoms with van der Waals surface area (Å²) >= 11 is 9.23. The van der Waals surface area contributed by atoms with E-state index in [1.165, 1.54) is 0 Å². The summed E-state index contributed by atoms with van der Waals surface area (Å²) in [5, 5.41) is 0. The third-order valence-electron chi connectivity index (χ3n) is 0.630. The van der Waals surface area contributed by atoms with Crippen LogP contribution in [0.4, 0.5) is 0 Å². The van der Waals surface area contributed by atoms with Crippen LogP contribution in [0.3, 0.4) is 0 Å². The van der Waals surface area contributed by atoms with E-state index in [4.69, 9.17) is 4.43 Å². The van der Waals surface area contributed by atoms with E-state index in [1.54, 1.807) is 0 Å². The molecule has 0 amide bonds. The van der Waals surface area contributed by atoms with E-state index in [9.17, 15) is 4.79 Å². The average Bonchev–Trinajstić information content (AvgIpc) is 1.56. The highest BCUT2D eigenvalue weighted by Crippen LogP contribution is 2.35. The summed E-state index contributed by atoms with van der Waals surface area (Å²) in [6.07, 6.45) is 0. The zero-order valence-electron chi connectivity index (χ0n) is 6.45. The van der Waals surface area contributed by atoms with Crippen molar-refractivity contribution < 1.29 is 9.22 Å². The second-order valence-electron chi connectivity index (χ2n) is 3.00. The highest BCUT2D eigenvalue weighted by molar-refractivity contribution is 9.40. The smallest absolute Gasteiger partial charge is 0.331 e. The van der Waals surface area contributed by atoms with Crippen LogP contribution in [-0.4, -0.2) is 16.4 Å². The Morgan fingerprint density at radius 2 is 1.64 bits per heavy atom. The molecule has 0 aliphatic carbocycles. The molecule has 2 nitrogen and oxygen atoms in total. The molecule has 6 heteroatoms. The fourth-order valence-corrected chi connectivity index (χ4v) is 1.74. The molecule has 0 spiro atoms. The Morgan fingerprint density at radius 1 is 1.27 bits per heavy atom. The number of alkyl halides is 3. The molecule has 0 saturated heterocycles. The number of rotatable bonds is 1. The van der Waals surface area contributed by atoms with Gasteiger partial charge >= 0.3 is 5.97 Å². The van der Waals surface area contributed by atoms with Crippen LogP contribution < -0.4 is 0 Å². The Bertz CT molecular complexity index is 158. The van der Waals surface area contributed by atoms with Gasteiger partial charge in [0.05, 0.1) is 0 Å². The van der Waals surface area contributed by atoms with Crippen molar-refractivity contribution in [1.82, 2.24) is 0 Å². The predicted octanol–water partition coefficient (Wildman–Crippen LogP) is 3.20. The van der Waals surface area contributed by atoms with E-state index < -0.39 is 10.5 Å². The minimum absolute atomic E-state index is 0.336. The maximum absolute atomic E-state index is 11.2. The Morgan fingerprint density at radius 3 is 1.73 bits per heavy atom. The van der Waals surface area contributed by atoms with Crippen LogP contribution >= 0.6 is 47.8 Å². The van der Waals surface area contributed by atoms with Crippen LogP contribution in [-0.2, 0) is 9.22 Å². The Kier molecular flexibility index (Phi) is 4.29. The Hall–Kier alpha value is 1.13. The second-order valence-corrected chi connectivity index (χ2v) is 14.2. The zero-order chi connectivity index (χ0) is 9.28. The van der Waals surface area contributed by atoms with Gasteiger partial charge in [-0.2, -0.15) is 0 Å². The van der Waals surface area contributed by atoms with E-state index in [-0.39, 0.29) is 5.97 Å². The van der Waals surface area contributed by atoms with Crippen LogP contribution in [0.2, 0.25) is 19.6 Å². The molecule has 0 aliphatic rings. The summed E-state index contributed by atoms with van der Waals surface area (Å²) in [5.41, 5.74) is 0. The van der Waals surface area contributed by atoms with E-state index in [0.29, 0.717) is 0 Å². The molecule has 0 bridgehead atoms. The van der Waals surface area contributed by atoms with Crippen LogP contribution in [0.5, 0.6) is 0 Å². The van der Waals surface area contributed by atoms with E-state index >= 15 is 0 Å². The van der Waals surface area contributed by atoms with Crippen molar-refractivity contribution in [2.75, 3.05) is 0 Å². The van der Waals surface area contributed by atoms with Gasteiger partial charge in [-0.1, -0.05) is 0 Å². The van der Waals surface area contributed by atoms with Gasteiger partial charge in [-0.3, -0.25) is 0 Å². The quantitative estimate of drug-likeness (QED) is 0.524. The lowest BCUT2D eigenvalue weighted by molar-refractivity contribution is -0.133. The minimum atomic E-state index is -1.77. The number of carbonyl (C=O) groups excluding carboxylic acids is 1. The standard InChI is InChI=1S/C5H9Br3O2Si/c1-11(2,3)10-4(9)5(6,7)8/h1-3H3. The van der Waals surface area contributed by atoms with Crippen LogP contribution in [0, 0.1) is 0 Å². The predicted molar refractivity (Wildman–Crippen MR) is 59.0 cm³/mol. The number of carbonyl (C=O) groups is 1. The van der Waals surface area contributed by atoms with Crippen molar-refractivity contribution in [3.63, 3.8) is 0 Å². The molecule has 0 fully saturated rings. The molecule has 0 aromatic heterocycles. The molecule has 0 aliphatic heterocycles. The SMILES string of the molecule is C[Si](C)(C)OC(=O)C(Br)(Br)Br. The molecule has 0 heterocycles. The topological polar surface area (TPSA) is 26.3 Å². The molecule has 0 aromatic rings. The molecule has 0 N–H and O–H groups in total. The fourth-order valence-electron chi connectivity index (χ4n) is 0.336.